The van der Waals surface area contributed by atoms with Gasteiger partial charge in [-0.15, -0.1) is 10.2 Å². The quantitative estimate of drug-likeness (QED) is 0.882. The standard InChI is InChI=1S/C11H9Cl3N4OS/c1-2-18(11-17-16-9(14)20-11)10(19)15-8-4-3-6(12)5-7(8)13/h3-5H,2H2,1H3,(H,15,19). The maximum atomic E-state index is 12.2. The van der Waals surface area contributed by atoms with E-state index in [9.17, 15) is 4.79 Å². The SMILES string of the molecule is CCN(C(=O)Nc1ccc(Cl)cc1Cl)c1nnc(Cl)s1. The molecule has 2 aromatic rings. The number of rotatable bonds is 3. The van der Waals surface area contributed by atoms with E-state index in [0.717, 1.165) is 11.3 Å². The largest absolute Gasteiger partial charge is 0.328 e. The molecule has 0 unspecified atom stereocenters. The lowest BCUT2D eigenvalue weighted by molar-refractivity contribution is 0.257. The summed E-state index contributed by atoms with van der Waals surface area (Å²) in [7, 11) is 0. The summed E-state index contributed by atoms with van der Waals surface area (Å²) in [6.07, 6.45) is 0. The molecule has 0 saturated heterocycles. The summed E-state index contributed by atoms with van der Waals surface area (Å²) < 4.78 is 0.274. The molecule has 106 valence electrons. The molecule has 0 aliphatic carbocycles. The van der Waals surface area contributed by atoms with Gasteiger partial charge in [-0.3, -0.25) is 4.90 Å². The number of amides is 2. The molecule has 0 aliphatic heterocycles. The number of anilines is 2. The second kappa shape index (κ2) is 6.58. The molecule has 1 aromatic carbocycles. The molecule has 0 spiro atoms. The highest BCUT2D eigenvalue weighted by molar-refractivity contribution is 7.19. The molecule has 1 N–H and O–H groups in total. The molecule has 1 aromatic heterocycles. The van der Waals surface area contributed by atoms with Crippen LogP contribution < -0.4 is 10.2 Å². The minimum atomic E-state index is -0.371. The summed E-state index contributed by atoms with van der Waals surface area (Å²) in [6, 6.07) is 4.45. The fraction of sp³-hybridized carbons (Fsp3) is 0.182. The van der Waals surface area contributed by atoms with Crippen LogP contribution in [0.2, 0.25) is 14.5 Å². The summed E-state index contributed by atoms with van der Waals surface area (Å²) in [5, 5.41) is 11.5. The van der Waals surface area contributed by atoms with Crippen LogP contribution in [0.3, 0.4) is 0 Å². The Morgan fingerprint density at radius 3 is 2.65 bits per heavy atom. The van der Waals surface area contributed by atoms with Crippen molar-refractivity contribution in [2.24, 2.45) is 0 Å². The predicted molar refractivity (Wildman–Crippen MR) is 83.4 cm³/mol. The molecule has 9 heteroatoms. The van der Waals surface area contributed by atoms with Crippen molar-refractivity contribution >= 4 is 63.0 Å². The molecule has 1 heterocycles. The number of hydrogen-bond acceptors (Lipinski definition) is 4. The summed E-state index contributed by atoms with van der Waals surface area (Å²) in [5.74, 6) is 0. The number of carbonyl (C=O) groups is 1. The van der Waals surface area contributed by atoms with Gasteiger partial charge in [-0.1, -0.05) is 34.5 Å². The fourth-order valence-corrected chi connectivity index (χ4v) is 2.78. The molecule has 0 saturated carbocycles. The summed E-state index contributed by atoms with van der Waals surface area (Å²) >= 11 is 18.7. The van der Waals surface area contributed by atoms with Crippen LogP contribution in [0, 0.1) is 0 Å². The number of benzene rings is 1. The zero-order chi connectivity index (χ0) is 14.7. The first kappa shape index (κ1) is 15.3. The molecule has 0 aliphatic rings. The number of halogens is 3. The number of carbonyl (C=O) groups excluding carboxylic acids is 1. The van der Waals surface area contributed by atoms with Crippen molar-refractivity contribution in [1.29, 1.82) is 0 Å². The normalized spacial score (nSPS) is 10.4. The van der Waals surface area contributed by atoms with Crippen LogP contribution in [-0.4, -0.2) is 22.8 Å². The Kier molecular flexibility index (Phi) is 5.04. The molecule has 0 bridgehead atoms. The minimum absolute atomic E-state index is 0.274. The molecule has 5 nitrogen and oxygen atoms in total. The van der Waals surface area contributed by atoms with E-state index >= 15 is 0 Å². The third-order valence-corrected chi connectivity index (χ3v) is 3.94. The van der Waals surface area contributed by atoms with Gasteiger partial charge in [0.1, 0.15) is 0 Å². The van der Waals surface area contributed by atoms with Crippen molar-refractivity contribution in [2.45, 2.75) is 6.92 Å². The average Bonchev–Trinajstić information content (AvgIpc) is 2.80. The van der Waals surface area contributed by atoms with E-state index in [1.165, 1.54) is 4.90 Å². The van der Waals surface area contributed by atoms with E-state index in [1.54, 1.807) is 18.2 Å². The fourth-order valence-electron chi connectivity index (χ4n) is 1.45. The van der Waals surface area contributed by atoms with Crippen molar-refractivity contribution in [1.82, 2.24) is 10.2 Å². The third kappa shape index (κ3) is 3.52. The van der Waals surface area contributed by atoms with E-state index < -0.39 is 0 Å². The van der Waals surface area contributed by atoms with Gasteiger partial charge in [-0.25, -0.2) is 4.79 Å². The summed E-state index contributed by atoms with van der Waals surface area (Å²) in [4.78, 5) is 13.6. The van der Waals surface area contributed by atoms with Crippen molar-refractivity contribution < 1.29 is 4.79 Å². The Hall–Kier alpha value is -1.08. The van der Waals surface area contributed by atoms with Crippen LogP contribution in [0.4, 0.5) is 15.6 Å². The van der Waals surface area contributed by atoms with Crippen molar-refractivity contribution in [3.05, 3.63) is 32.7 Å². The monoisotopic (exact) mass is 350 g/mol. The highest BCUT2D eigenvalue weighted by atomic mass is 35.5. The van der Waals surface area contributed by atoms with Gasteiger partial charge in [0.2, 0.25) is 9.60 Å². The van der Waals surface area contributed by atoms with E-state index in [4.69, 9.17) is 34.8 Å². The number of hydrogen-bond donors (Lipinski definition) is 1. The maximum absolute atomic E-state index is 12.2. The van der Waals surface area contributed by atoms with E-state index in [2.05, 4.69) is 15.5 Å². The topological polar surface area (TPSA) is 58.1 Å². The van der Waals surface area contributed by atoms with Gasteiger partial charge in [0.05, 0.1) is 10.7 Å². The zero-order valence-electron chi connectivity index (χ0n) is 10.2. The predicted octanol–water partition coefficient (Wildman–Crippen LogP) is 4.56. The van der Waals surface area contributed by atoms with Crippen molar-refractivity contribution in [3.8, 4) is 0 Å². The highest BCUT2D eigenvalue weighted by Gasteiger charge is 2.19. The van der Waals surface area contributed by atoms with Crippen LogP contribution in [0.15, 0.2) is 18.2 Å². The second-order valence-corrected chi connectivity index (χ2v) is 6.02. The van der Waals surface area contributed by atoms with Gasteiger partial charge in [0, 0.05) is 11.6 Å². The summed E-state index contributed by atoms with van der Waals surface area (Å²) in [5.41, 5.74) is 0.468. The Bertz CT molecular complexity index is 634. The first-order valence-corrected chi connectivity index (χ1v) is 7.49. The second-order valence-electron chi connectivity index (χ2n) is 3.64. The van der Waals surface area contributed by atoms with Gasteiger partial charge in [-0.2, -0.15) is 0 Å². The highest BCUT2D eigenvalue weighted by Crippen LogP contribution is 2.27. The van der Waals surface area contributed by atoms with Crippen LogP contribution in [-0.2, 0) is 0 Å². The van der Waals surface area contributed by atoms with Crippen LogP contribution >= 0.6 is 46.1 Å². The average molecular weight is 352 g/mol. The lowest BCUT2D eigenvalue weighted by Crippen LogP contribution is -2.34. The van der Waals surface area contributed by atoms with Gasteiger partial charge in [0.25, 0.3) is 0 Å². The van der Waals surface area contributed by atoms with E-state index in [1.807, 2.05) is 6.92 Å². The maximum Gasteiger partial charge on any atom is 0.328 e. The summed E-state index contributed by atoms with van der Waals surface area (Å²) in [6.45, 7) is 2.24. The zero-order valence-corrected chi connectivity index (χ0v) is 13.3. The molecule has 0 radical (unpaired) electrons. The van der Waals surface area contributed by atoms with Crippen molar-refractivity contribution in [3.63, 3.8) is 0 Å². The Morgan fingerprint density at radius 1 is 1.35 bits per heavy atom. The lowest BCUT2D eigenvalue weighted by atomic mass is 10.3. The molecule has 20 heavy (non-hydrogen) atoms. The molecule has 0 atom stereocenters. The minimum Gasteiger partial charge on any atom is -0.306 e. The van der Waals surface area contributed by atoms with Crippen molar-refractivity contribution in [2.75, 3.05) is 16.8 Å². The van der Waals surface area contributed by atoms with Gasteiger partial charge >= 0.3 is 6.03 Å². The lowest BCUT2D eigenvalue weighted by Gasteiger charge is -2.18. The third-order valence-electron chi connectivity index (χ3n) is 2.35. The van der Waals surface area contributed by atoms with Crippen LogP contribution in [0.1, 0.15) is 6.92 Å². The smallest absolute Gasteiger partial charge is 0.306 e. The van der Waals surface area contributed by atoms with Gasteiger partial charge in [-0.05, 0) is 36.7 Å². The molecular formula is C11H9Cl3N4OS. The Morgan fingerprint density at radius 2 is 2.10 bits per heavy atom. The Balaban J connectivity index is 2.17. The molecule has 2 rings (SSSR count). The first-order chi connectivity index (χ1) is 9.51. The van der Waals surface area contributed by atoms with Gasteiger partial charge in [0.15, 0.2) is 0 Å². The molecule has 0 fully saturated rings. The van der Waals surface area contributed by atoms with Gasteiger partial charge < -0.3 is 5.32 Å². The first-order valence-electron chi connectivity index (χ1n) is 5.54. The van der Waals surface area contributed by atoms with E-state index in [0.29, 0.717) is 27.4 Å². The number of nitrogens with zero attached hydrogens (tertiary/aromatic N) is 3. The van der Waals surface area contributed by atoms with Crippen LogP contribution in [0.5, 0.6) is 0 Å². The molecular weight excluding hydrogens is 343 g/mol. The number of aromatic nitrogens is 2. The number of nitrogens with one attached hydrogen (secondary N) is 1. The molecule has 2 amide bonds. The van der Waals surface area contributed by atoms with E-state index in [-0.39, 0.29) is 10.5 Å². The number of urea groups is 1. The Labute approximate surface area is 134 Å². The van der Waals surface area contributed by atoms with Crippen LogP contribution in [0.25, 0.3) is 0 Å².